The first kappa shape index (κ1) is 28.4. The minimum atomic E-state index is -1.88. The van der Waals surface area contributed by atoms with E-state index in [2.05, 4.69) is 32.9 Å². The first-order valence-electron chi connectivity index (χ1n) is 14.9. The Morgan fingerprint density at radius 1 is 1.15 bits per heavy atom. The van der Waals surface area contributed by atoms with Crippen LogP contribution in [0.25, 0.3) is 0 Å². The number of aliphatic imine (C=N–C) groups is 1. The standard InChI is InChI=1S/C34H46FNO3/c1-8-28(37)34(39)21(3)18-27-26-15-12-23-19-25(36-24-13-10-22(11-14-24)30(4,5)9-2)16-17-31(23,6)33(26,35)29(38)20-32(27,34)7/h10-11,13-14,16-17,19,21,26-27,29,38-39H,8-9,12,15,18,20H2,1-7H3/t21-,26+,27+,29+,31+,32+,33+,34+/m1/s1. The van der Waals surface area contributed by atoms with Crippen LogP contribution in [-0.4, -0.2) is 39.1 Å². The van der Waals surface area contributed by atoms with Gasteiger partial charge in [0.1, 0.15) is 5.60 Å². The van der Waals surface area contributed by atoms with E-state index in [0.29, 0.717) is 19.3 Å². The molecule has 1 aromatic carbocycles. The molecule has 0 amide bonds. The molecule has 2 N–H and O–H groups in total. The molecule has 0 spiro atoms. The Hall–Kier alpha value is -2.11. The van der Waals surface area contributed by atoms with Crippen molar-refractivity contribution in [2.75, 3.05) is 0 Å². The highest BCUT2D eigenvalue weighted by atomic mass is 19.1. The fourth-order valence-electron chi connectivity index (χ4n) is 8.83. The largest absolute Gasteiger partial charge is 0.390 e. The molecule has 3 saturated carbocycles. The number of ketones is 1. The summed E-state index contributed by atoms with van der Waals surface area (Å²) in [6.45, 7) is 14.2. The third-order valence-corrected chi connectivity index (χ3v) is 11.8. The second-order valence-electron chi connectivity index (χ2n) is 13.9. The van der Waals surface area contributed by atoms with Crippen molar-refractivity contribution in [3.63, 3.8) is 0 Å². The molecule has 4 nitrogen and oxygen atoms in total. The van der Waals surface area contributed by atoms with Crippen LogP contribution in [0.4, 0.5) is 10.1 Å². The molecule has 4 aliphatic carbocycles. The van der Waals surface area contributed by atoms with Crippen LogP contribution in [0.3, 0.4) is 0 Å². The molecule has 0 heterocycles. The van der Waals surface area contributed by atoms with Gasteiger partial charge in [-0.15, -0.1) is 0 Å². The first-order chi connectivity index (χ1) is 18.2. The lowest BCUT2D eigenvalue weighted by atomic mass is 9.44. The smallest absolute Gasteiger partial charge is 0.164 e. The Morgan fingerprint density at radius 2 is 1.82 bits per heavy atom. The summed E-state index contributed by atoms with van der Waals surface area (Å²) in [5.41, 5.74) is -1.22. The molecule has 0 saturated heterocycles. The molecule has 3 fully saturated rings. The van der Waals surface area contributed by atoms with E-state index in [1.807, 2.05) is 51.1 Å². The molecule has 0 aliphatic heterocycles. The van der Waals surface area contributed by atoms with Gasteiger partial charge in [-0.3, -0.25) is 4.79 Å². The maximum atomic E-state index is 17.6. The molecule has 0 aromatic heterocycles. The van der Waals surface area contributed by atoms with E-state index < -0.39 is 34.1 Å². The second kappa shape index (κ2) is 9.21. The maximum absolute atomic E-state index is 17.6. The van der Waals surface area contributed by atoms with E-state index in [-0.39, 0.29) is 35.9 Å². The normalized spacial score (nSPS) is 42.5. The van der Waals surface area contributed by atoms with Gasteiger partial charge in [0.25, 0.3) is 0 Å². The van der Waals surface area contributed by atoms with Crippen LogP contribution in [-0.2, 0) is 10.2 Å². The molecule has 0 unspecified atom stereocenters. The van der Waals surface area contributed by atoms with Gasteiger partial charge in [0, 0.05) is 23.2 Å². The van der Waals surface area contributed by atoms with E-state index in [0.717, 1.165) is 23.4 Å². The number of hydrogen-bond donors (Lipinski definition) is 2. The number of aliphatic hydroxyl groups is 2. The molecule has 212 valence electrons. The zero-order valence-electron chi connectivity index (χ0n) is 24.7. The fraction of sp³-hybridized carbons (Fsp3) is 0.647. The SMILES string of the molecule is CCC(=O)[C@@]1(O)[C@H](C)C[C@H]2[C@@H]3CCC4=CC(=Nc5ccc(C(C)(C)CC)cc5)C=C[C@]4(C)[C@@]3(F)[C@@H](O)C[C@@]21C. The Kier molecular flexibility index (Phi) is 6.71. The Labute approximate surface area is 233 Å². The summed E-state index contributed by atoms with van der Waals surface area (Å²) in [5, 5.41) is 23.4. The van der Waals surface area contributed by atoms with Crippen LogP contribution in [0, 0.1) is 28.6 Å². The van der Waals surface area contributed by atoms with Crippen molar-refractivity contribution in [2.45, 2.75) is 110 Å². The zero-order chi connectivity index (χ0) is 28.6. The summed E-state index contributed by atoms with van der Waals surface area (Å²) in [7, 11) is 0. The number of nitrogens with zero attached hydrogens (tertiary/aromatic N) is 1. The lowest BCUT2D eigenvalue weighted by Crippen LogP contribution is -2.69. The van der Waals surface area contributed by atoms with Gasteiger partial charge in [-0.05, 0) is 86.1 Å². The van der Waals surface area contributed by atoms with Gasteiger partial charge >= 0.3 is 0 Å². The van der Waals surface area contributed by atoms with Gasteiger partial charge in [-0.25, -0.2) is 9.38 Å². The molecule has 4 aliphatic rings. The average Bonchev–Trinajstić information content (AvgIpc) is 3.11. The number of carbonyl (C=O) groups is 1. The second-order valence-corrected chi connectivity index (χ2v) is 13.9. The van der Waals surface area contributed by atoms with Crippen LogP contribution < -0.4 is 0 Å². The lowest BCUT2D eigenvalue weighted by Gasteiger charge is -2.62. The Morgan fingerprint density at radius 3 is 2.44 bits per heavy atom. The van der Waals surface area contributed by atoms with Gasteiger partial charge in [0.2, 0.25) is 0 Å². The van der Waals surface area contributed by atoms with Gasteiger partial charge < -0.3 is 10.2 Å². The quantitative estimate of drug-likeness (QED) is 0.419. The summed E-state index contributed by atoms with van der Waals surface area (Å²) in [6.07, 6.45) is 7.79. The average molecular weight is 536 g/mol. The van der Waals surface area contributed by atoms with Crippen LogP contribution in [0.5, 0.6) is 0 Å². The molecule has 8 atom stereocenters. The van der Waals surface area contributed by atoms with Gasteiger partial charge in [0.05, 0.1) is 17.5 Å². The maximum Gasteiger partial charge on any atom is 0.164 e. The predicted molar refractivity (Wildman–Crippen MR) is 155 cm³/mol. The van der Waals surface area contributed by atoms with E-state index >= 15 is 4.39 Å². The zero-order valence-corrected chi connectivity index (χ0v) is 24.7. The number of Topliss-reactive ketones (excluding diaryl/α,β-unsaturated/α-hetero) is 1. The van der Waals surface area contributed by atoms with Crippen molar-refractivity contribution >= 4 is 17.2 Å². The summed E-state index contributed by atoms with van der Waals surface area (Å²) in [5.74, 6) is -1.07. The molecule has 5 heteroatoms. The molecule has 39 heavy (non-hydrogen) atoms. The van der Waals surface area contributed by atoms with E-state index in [1.54, 1.807) is 6.92 Å². The summed E-state index contributed by atoms with van der Waals surface area (Å²) >= 11 is 0. The van der Waals surface area contributed by atoms with Crippen LogP contribution in [0.1, 0.15) is 92.6 Å². The monoisotopic (exact) mass is 535 g/mol. The fourth-order valence-corrected chi connectivity index (χ4v) is 8.83. The van der Waals surface area contributed by atoms with Crippen molar-refractivity contribution in [3.05, 3.63) is 53.6 Å². The van der Waals surface area contributed by atoms with Crippen molar-refractivity contribution < 1.29 is 19.4 Å². The molecular formula is C34H46FNO3. The van der Waals surface area contributed by atoms with E-state index in [9.17, 15) is 15.0 Å². The number of halogens is 1. The van der Waals surface area contributed by atoms with Gasteiger partial charge in [-0.1, -0.05) is 65.3 Å². The molecule has 5 rings (SSSR count). The van der Waals surface area contributed by atoms with Crippen LogP contribution in [0.2, 0.25) is 0 Å². The minimum Gasteiger partial charge on any atom is -0.390 e. The van der Waals surface area contributed by atoms with Crippen LogP contribution in [0.15, 0.2) is 53.1 Å². The molecule has 1 aromatic rings. The Bertz CT molecular complexity index is 1250. The van der Waals surface area contributed by atoms with E-state index in [1.165, 1.54) is 5.56 Å². The highest BCUT2D eigenvalue weighted by Gasteiger charge is 2.75. The van der Waals surface area contributed by atoms with Crippen molar-refractivity contribution in [1.82, 2.24) is 0 Å². The van der Waals surface area contributed by atoms with Crippen molar-refractivity contribution in [2.24, 2.45) is 33.6 Å². The predicted octanol–water partition coefficient (Wildman–Crippen LogP) is 7.20. The number of fused-ring (bicyclic) bond motifs is 5. The van der Waals surface area contributed by atoms with Crippen molar-refractivity contribution in [3.8, 4) is 0 Å². The first-order valence-corrected chi connectivity index (χ1v) is 14.9. The molecule has 0 radical (unpaired) electrons. The minimum absolute atomic E-state index is 0.0787. The summed E-state index contributed by atoms with van der Waals surface area (Å²) < 4.78 is 17.6. The van der Waals surface area contributed by atoms with Gasteiger partial charge in [-0.2, -0.15) is 0 Å². The summed E-state index contributed by atoms with van der Waals surface area (Å²) in [4.78, 5) is 17.9. The lowest BCUT2D eigenvalue weighted by molar-refractivity contribution is -0.218. The van der Waals surface area contributed by atoms with E-state index in [4.69, 9.17) is 4.99 Å². The number of hydrogen-bond acceptors (Lipinski definition) is 4. The third kappa shape index (κ3) is 3.75. The van der Waals surface area contributed by atoms with Crippen LogP contribution >= 0.6 is 0 Å². The number of rotatable bonds is 5. The topological polar surface area (TPSA) is 69.9 Å². The number of aliphatic hydroxyl groups excluding tert-OH is 1. The summed E-state index contributed by atoms with van der Waals surface area (Å²) in [6, 6.07) is 8.35. The third-order valence-electron chi connectivity index (χ3n) is 11.8. The molecular weight excluding hydrogens is 489 g/mol. The number of alkyl halides is 1. The molecule has 0 bridgehead atoms. The van der Waals surface area contributed by atoms with Gasteiger partial charge in [0.15, 0.2) is 11.5 Å². The number of allylic oxidation sites excluding steroid dienone is 4. The highest BCUT2D eigenvalue weighted by Crippen LogP contribution is 2.70. The Balaban J connectivity index is 1.47. The number of benzene rings is 1. The highest BCUT2D eigenvalue weighted by molar-refractivity contribution is 6.07. The van der Waals surface area contributed by atoms with Crippen molar-refractivity contribution in [1.29, 1.82) is 0 Å². The number of carbonyl (C=O) groups excluding carboxylic acids is 1.